The molecule has 1 aliphatic heterocycles. The number of rotatable bonds is 8. The van der Waals surface area contributed by atoms with Crippen LogP contribution in [0.3, 0.4) is 0 Å². The summed E-state index contributed by atoms with van der Waals surface area (Å²) in [5, 5.41) is 4.58. The lowest BCUT2D eigenvalue weighted by atomic mass is 9.67. The van der Waals surface area contributed by atoms with E-state index in [2.05, 4.69) is 46.7 Å². The lowest BCUT2D eigenvalue weighted by molar-refractivity contribution is 0.181. The molecule has 7 rings (SSSR count). The van der Waals surface area contributed by atoms with Crippen LogP contribution in [0, 0.1) is 17.6 Å². The quantitative estimate of drug-likeness (QED) is 0.173. The molecular formula is C39H37F2N3O2S. The number of methoxy groups -OCH3 is 2. The van der Waals surface area contributed by atoms with E-state index in [1.54, 1.807) is 38.2 Å². The van der Waals surface area contributed by atoms with Crippen molar-refractivity contribution < 1.29 is 19.7 Å². The molecule has 2 heterocycles. The van der Waals surface area contributed by atoms with Crippen LogP contribution in [0.15, 0.2) is 120 Å². The fourth-order valence-electron chi connectivity index (χ4n) is 7.28. The zero-order valence-corrected chi connectivity index (χ0v) is 27.1. The summed E-state index contributed by atoms with van der Waals surface area (Å²) in [6, 6.07) is 34.8. The second-order valence-corrected chi connectivity index (χ2v) is 13.0. The summed E-state index contributed by atoms with van der Waals surface area (Å²) in [5.41, 5.74) is 4.55. The molecule has 2 atom stereocenters. The molecule has 5 nitrogen and oxygen atoms in total. The Balaban J connectivity index is 0.00000401. The maximum atomic E-state index is 16.0. The van der Waals surface area contributed by atoms with E-state index in [0.717, 1.165) is 39.4 Å². The summed E-state index contributed by atoms with van der Waals surface area (Å²) >= 11 is 1.63. The van der Waals surface area contributed by atoms with Gasteiger partial charge >= 0.3 is 0 Å². The summed E-state index contributed by atoms with van der Waals surface area (Å²) in [6.07, 6.45) is 2.76. The molecule has 1 aromatic heterocycles. The molecule has 2 aliphatic rings. The maximum Gasteiger partial charge on any atom is 0.216 e. The van der Waals surface area contributed by atoms with E-state index in [0.29, 0.717) is 41.8 Å². The fraction of sp³-hybridized carbons (Fsp3) is 0.231. The van der Waals surface area contributed by atoms with Gasteiger partial charge in [-0.1, -0.05) is 109 Å². The molecule has 240 valence electrons. The van der Waals surface area contributed by atoms with Crippen LogP contribution in [0.4, 0.5) is 8.78 Å². The molecule has 0 spiro atoms. The molecular weight excluding hydrogens is 613 g/mol. The number of ether oxygens (including phenoxy) is 2. The Morgan fingerprint density at radius 1 is 0.872 bits per heavy atom. The Kier molecular flexibility index (Phi) is 8.55. The molecule has 0 fully saturated rings. The summed E-state index contributed by atoms with van der Waals surface area (Å²) in [7, 11) is 3.26. The Morgan fingerprint density at radius 2 is 1.49 bits per heavy atom. The van der Waals surface area contributed by atoms with Gasteiger partial charge in [-0.2, -0.15) is 0 Å². The molecule has 4 aromatic carbocycles. The first kappa shape index (κ1) is 31.1. The van der Waals surface area contributed by atoms with Gasteiger partial charge in [-0.3, -0.25) is 4.99 Å². The molecule has 0 bridgehead atoms. The van der Waals surface area contributed by atoms with Gasteiger partial charge in [0.2, 0.25) is 5.88 Å². The molecule has 0 amide bonds. The molecule has 0 saturated heterocycles. The van der Waals surface area contributed by atoms with Crippen molar-refractivity contribution in [3.63, 3.8) is 0 Å². The summed E-state index contributed by atoms with van der Waals surface area (Å²) in [6.45, 7) is 0.404. The number of nitrogens with zero attached hydrogens (tertiary/aromatic N) is 2. The lowest BCUT2D eigenvalue weighted by Crippen LogP contribution is -2.52. The monoisotopic (exact) mass is 649 g/mol. The number of aliphatic imine (C=N–C) groups is 1. The number of fused-ring (bicyclic) bond motifs is 2. The number of pyridine rings is 1. The minimum absolute atomic E-state index is 0. The van der Waals surface area contributed by atoms with Gasteiger partial charge in [-0.05, 0) is 40.3 Å². The Hall–Kier alpha value is -4.53. The largest absolute Gasteiger partial charge is 0.481 e. The van der Waals surface area contributed by atoms with Crippen molar-refractivity contribution in [3.8, 4) is 5.88 Å². The summed E-state index contributed by atoms with van der Waals surface area (Å²) in [5.74, 6) is -0.189. The molecule has 5 aromatic rings. The standard InChI is InChI=1S/C39H35F2N3O2S.H2/c1-45-24-26-23-42-36(46-2)33-22-38(34-19-18-31(40)21-35(34)41)30(20-32(26)33)25-47-37(43-38)44-39(27-12-6-3-7-13-27,28-14-8-4-9-15-28)29-16-10-5-11-17-29;/h3-19,21,23,30H,20,22,24-25H2,1-2H3,(H,43,44);1H/t30-,38-;/m0./s1. The predicted molar refractivity (Wildman–Crippen MR) is 185 cm³/mol. The summed E-state index contributed by atoms with van der Waals surface area (Å²) in [4.78, 5) is 10.1. The summed E-state index contributed by atoms with van der Waals surface area (Å²) < 4.78 is 41.7. The molecule has 0 unspecified atom stereocenters. The minimum Gasteiger partial charge on any atom is -0.481 e. The van der Waals surface area contributed by atoms with Crippen molar-refractivity contribution in [2.24, 2.45) is 10.9 Å². The normalized spacial score (nSPS) is 18.9. The first-order valence-electron chi connectivity index (χ1n) is 15.6. The first-order chi connectivity index (χ1) is 23.0. The Labute approximate surface area is 279 Å². The topological polar surface area (TPSA) is 55.7 Å². The van der Waals surface area contributed by atoms with Gasteiger partial charge in [0.15, 0.2) is 5.17 Å². The number of hydrogen-bond donors (Lipinski definition) is 1. The fourth-order valence-corrected chi connectivity index (χ4v) is 8.48. The van der Waals surface area contributed by atoms with E-state index in [-0.39, 0.29) is 7.34 Å². The van der Waals surface area contributed by atoms with Crippen LogP contribution in [0.5, 0.6) is 5.88 Å². The highest BCUT2D eigenvalue weighted by molar-refractivity contribution is 8.13. The van der Waals surface area contributed by atoms with Crippen LogP contribution in [0.1, 0.15) is 40.4 Å². The highest BCUT2D eigenvalue weighted by Gasteiger charge is 2.50. The van der Waals surface area contributed by atoms with Gasteiger partial charge in [0.05, 0.1) is 19.3 Å². The molecule has 0 radical (unpaired) electrons. The van der Waals surface area contributed by atoms with Crippen molar-refractivity contribution in [2.45, 2.75) is 30.5 Å². The minimum atomic E-state index is -1.05. The molecule has 47 heavy (non-hydrogen) atoms. The molecule has 8 heteroatoms. The first-order valence-corrected chi connectivity index (χ1v) is 16.6. The van der Waals surface area contributed by atoms with Crippen LogP contribution in [0.25, 0.3) is 0 Å². The van der Waals surface area contributed by atoms with E-state index in [9.17, 15) is 4.39 Å². The van der Waals surface area contributed by atoms with E-state index >= 15 is 4.39 Å². The average molecular weight is 650 g/mol. The number of aromatic nitrogens is 1. The van der Waals surface area contributed by atoms with Crippen LogP contribution >= 0.6 is 11.8 Å². The van der Waals surface area contributed by atoms with Crippen LogP contribution < -0.4 is 10.1 Å². The van der Waals surface area contributed by atoms with Gasteiger partial charge in [0.25, 0.3) is 0 Å². The number of halogens is 2. The van der Waals surface area contributed by atoms with Crippen molar-refractivity contribution in [3.05, 3.63) is 166 Å². The van der Waals surface area contributed by atoms with Crippen LogP contribution in [-0.4, -0.2) is 30.1 Å². The van der Waals surface area contributed by atoms with E-state index in [1.165, 1.54) is 6.07 Å². The number of amidine groups is 1. The third kappa shape index (κ3) is 5.49. The van der Waals surface area contributed by atoms with Gasteiger partial charge in [-0.25, -0.2) is 13.8 Å². The van der Waals surface area contributed by atoms with E-state index in [4.69, 9.17) is 14.5 Å². The zero-order chi connectivity index (χ0) is 32.4. The van der Waals surface area contributed by atoms with Crippen molar-refractivity contribution in [1.82, 2.24) is 10.3 Å². The zero-order valence-electron chi connectivity index (χ0n) is 26.3. The SMILES string of the molecule is COCc1cnc(OC)c2c1C[C@H]1CSC(NC(c3ccccc3)(c3ccccc3)c3ccccc3)=N[C@@]1(c1ccc(F)cc1F)C2.[HH]. The van der Waals surface area contributed by atoms with Crippen molar-refractivity contribution in [2.75, 3.05) is 20.0 Å². The molecule has 1 N–H and O–H groups in total. The predicted octanol–water partition coefficient (Wildman–Crippen LogP) is 8.06. The second kappa shape index (κ2) is 12.9. The average Bonchev–Trinajstić information content (AvgIpc) is 3.11. The Morgan fingerprint density at radius 3 is 2.04 bits per heavy atom. The number of nitrogens with one attached hydrogen (secondary N) is 1. The molecule has 1 aliphatic carbocycles. The van der Waals surface area contributed by atoms with Crippen LogP contribution in [-0.2, 0) is 35.3 Å². The highest BCUT2D eigenvalue weighted by Crippen LogP contribution is 2.51. The third-order valence-electron chi connectivity index (χ3n) is 9.45. The smallest absolute Gasteiger partial charge is 0.216 e. The van der Waals surface area contributed by atoms with Gasteiger partial charge in [0, 0.05) is 50.0 Å². The van der Waals surface area contributed by atoms with Gasteiger partial charge in [-0.15, -0.1) is 0 Å². The maximum absolute atomic E-state index is 16.0. The van der Waals surface area contributed by atoms with E-state index in [1.807, 2.05) is 54.6 Å². The van der Waals surface area contributed by atoms with E-state index < -0.39 is 22.7 Å². The number of hydrogen-bond acceptors (Lipinski definition) is 6. The number of benzene rings is 4. The third-order valence-corrected chi connectivity index (χ3v) is 10.5. The highest BCUT2D eigenvalue weighted by atomic mass is 32.2. The lowest BCUT2D eigenvalue weighted by Gasteiger charge is -2.47. The van der Waals surface area contributed by atoms with Crippen LogP contribution in [0.2, 0.25) is 0 Å². The second-order valence-electron chi connectivity index (χ2n) is 12.0. The number of thioether (sulfide) groups is 1. The van der Waals surface area contributed by atoms with Crippen molar-refractivity contribution >= 4 is 16.9 Å². The van der Waals surface area contributed by atoms with Gasteiger partial charge in [0.1, 0.15) is 17.2 Å². The molecule has 0 saturated carbocycles. The van der Waals surface area contributed by atoms with Gasteiger partial charge < -0.3 is 14.8 Å². The Bertz CT molecular complexity index is 1820. The van der Waals surface area contributed by atoms with Crippen molar-refractivity contribution in [1.29, 1.82) is 0 Å².